The van der Waals surface area contributed by atoms with Crippen LogP contribution < -0.4 is 20.1 Å². The summed E-state index contributed by atoms with van der Waals surface area (Å²) in [7, 11) is 1.70. The first-order valence-electron chi connectivity index (χ1n) is 8.82. The summed E-state index contributed by atoms with van der Waals surface area (Å²) >= 11 is 0. The highest BCUT2D eigenvalue weighted by molar-refractivity contribution is 5.93. The normalized spacial score (nSPS) is 13.0. The second kappa shape index (κ2) is 10.0. The van der Waals surface area contributed by atoms with Crippen LogP contribution in [0.4, 0.5) is 17.1 Å². The minimum atomic E-state index is -1.75. The van der Waals surface area contributed by atoms with Crippen LogP contribution in [-0.2, 0) is 0 Å². The minimum Gasteiger partial charge on any atom is -0.867 e. The number of aromatic carboxylic acids is 1. The summed E-state index contributed by atoms with van der Waals surface area (Å²) in [6.45, 7) is 4.69. The van der Waals surface area contributed by atoms with E-state index in [9.17, 15) is 30.1 Å². The number of carbonyl (C=O) groups is 1. The van der Waals surface area contributed by atoms with Crippen LogP contribution in [0, 0.1) is 20.2 Å². The Morgan fingerprint density at radius 2 is 1.70 bits per heavy atom. The van der Waals surface area contributed by atoms with Crippen molar-refractivity contribution in [1.82, 2.24) is 0 Å². The molecule has 0 radical (unpaired) electrons. The van der Waals surface area contributed by atoms with E-state index in [2.05, 4.69) is 22.3 Å². The standard InChI is InChI=1S/C11H16N2O.C7H4N2O7/c1-14-11-4-2-10(3-5-11)13-8-6-12-7-9-13;10-6-4(7(11)12)1-3(8(13)14)2-5(6)9(15)16/h2-5,12H,6-9H2,1H3;1-2,10H,(H,11,12). The molecule has 3 rings (SSSR count). The van der Waals surface area contributed by atoms with Crippen molar-refractivity contribution in [3.8, 4) is 11.5 Å². The maximum atomic E-state index is 11.2. The summed E-state index contributed by atoms with van der Waals surface area (Å²) in [4.78, 5) is 31.5. The molecule has 30 heavy (non-hydrogen) atoms. The van der Waals surface area contributed by atoms with Crippen LogP contribution >= 0.6 is 0 Å². The van der Waals surface area contributed by atoms with Crippen LogP contribution in [-0.4, -0.2) is 54.2 Å². The molecule has 1 fully saturated rings. The average molecular weight is 420 g/mol. The highest BCUT2D eigenvalue weighted by atomic mass is 16.6. The maximum Gasteiger partial charge on any atom is 0.335 e. The van der Waals surface area contributed by atoms with Crippen molar-refractivity contribution in [2.75, 3.05) is 38.2 Å². The summed E-state index contributed by atoms with van der Waals surface area (Å²) in [6.07, 6.45) is 0. The van der Waals surface area contributed by atoms with Crippen molar-refractivity contribution in [2.24, 2.45) is 0 Å². The van der Waals surface area contributed by atoms with Gasteiger partial charge >= 0.3 is 5.97 Å². The fourth-order valence-corrected chi connectivity index (χ4v) is 2.80. The summed E-state index contributed by atoms with van der Waals surface area (Å²) in [5, 5.41) is 42.8. The van der Waals surface area contributed by atoms with E-state index >= 15 is 0 Å². The van der Waals surface area contributed by atoms with Crippen molar-refractivity contribution in [3.05, 3.63) is 62.2 Å². The summed E-state index contributed by atoms with van der Waals surface area (Å²) in [6, 6.07) is 9.21. The number of hydrogen-bond acceptors (Lipinski definition) is 8. The van der Waals surface area contributed by atoms with Gasteiger partial charge in [0.05, 0.1) is 54.8 Å². The van der Waals surface area contributed by atoms with Gasteiger partial charge in [0, 0.05) is 11.8 Å². The Balaban J connectivity index is 0.000000215. The van der Waals surface area contributed by atoms with Crippen LogP contribution in [0.15, 0.2) is 36.4 Å². The number of hydrogen-bond donors (Lipinski definition) is 2. The number of nitro groups is 2. The molecule has 0 spiro atoms. The number of quaternary nitrogens is 1. The number of nitrogens with two attached hydrogens (primary N) is 1. The Bertz CT molecular complexity index is 891. The first-order valence-corrected chi connectivity index (χ1v) is 8.82. The molecule has 2 aromatic carbocycles. The van der Waals surface area contributed by atoms with Crippen molar-refractivity contribution in [2.45, 2.75) is 0 Å². The van der Waals surface area contributed by atoms with Crippen molar-refractivity contribution < 1.29 is 34.9 Å². The van der Waals surface area contributed by atoms with E-state index in [1.54, 1.807) is 7.11 Å². The van der Waals surface area contributed by atoms with Gasteiger partial charge in [0.2, 0.25) is 0 Å². The number of piperazine rings is 1. The summed E-state index contributed by atoms with van der Waals surface area (Å²) < 4.78 is 5.13. The van der Waals surface area contributed by atoms with Gasteiger partial charge in [0.15, 0.2) is 0 Å². The second-order valence-corrected chi connectivity index (χ2v) is 6.21. The Morgan fingerprint density at radius 1 is 1.10 bits per heavy atom. The SMILES string of the molecule is COc1ccc(N2CC[NH2+]CC2)cc1.O=C(O)c1cc([N+](=O)[O-])cc([N+](=O)[O-])c1[O-]. The molecule has 2 aromatic rings. The second-order valence-electron chi connectivity index (χ2n) is 6.21. The number of nitro benzene ring substituents is 2. The zero-order valence-corrected chi connectivity index (χ0v) is 16.0. The number of nitrogens with zero attached hydrogens (tertiary/aromatic N) is 3. The molecule has 0 aromatic heterocycles. The molecule has 3 N–H and O–H groups in total. The largest absolute Gasteiger partial charge is 0.867 e. The zero-order valence-electron chi connectivity index (χ0n) is 16.0. The molecular weight excluding hydrogens is 400 g/mol. The topological polar surface area (TPSA) is 176 Å². The number of carboxylic acids is 1. The molecule has 0 unspecified atom stereocenters. The van der Waals surface area contributed by atoms with Gasteiger partial charge in [-0.3, -0.25) is 20.2 Å². The number of benzene rings is 2. The number of methoxy groups -OCH3 is 1. The molecule has 0 amide bonds. The van der Waals surface area contributed by atoms with E-state index in [1.165, 1.54) is 18.8 Å². The predicted molar refractivity (Wildman–Crippen MR) is 103 cm³/mol. The Morgan fingerprint density at radius 3 is 2.17 bits per heavy atom. The lowest BCUT2D eigenvalue weighted by atomic mass is 10.1. The van der Waals surface area contributed by atoms with Crippen LogP contribution in [0.2, 0.25) is 0 Å². The molecule has 1 aliphatic heterocycles. The van der Waals surface area contributed by atoms with Crippen molar-refractivity contribution in [3.63, 3.8) is 0 Å². The third-order valence-electron chi connectivity index (χ3n) is 4.34. The van der Waals surface area contributed by atoms with Gasteiger partial charge in [-0.05, 0) is 30.0 Å². The first-order chi connectivity index (χ1) is 14.2. The van der Waals surface area contributed by atoms with Gasteiger partial charge in [-0.1, -0.05) is 0 Å². The molecule has 0 aliphatic carbocycles. The summed E-state index contributed by atoms with van der Waals surface area (Å²) in [5.74, 6) is -2.18. The van der Waals surface area contributed by atoms with Gasteiger partial charge in [-0.15, -0.1) is 0 Å². The number of non-ortho nitro benzene ring substituents is 1. The average Bonchev–Trinajstić information content (AvgIpc) is 2.74. The molecule has 12 heteroatoms. The minimum absolute atomic E-state index is 0.425. The molecule has 1 aliphatic rings. The van der Waals surface area contributed by atoms with Crippen LogP contribution in [0.1, 0.15) is 10.4 Å². The van der Waals surface area contributed by atoms with E-state index < -0.39 is 38.5 Å². The Labute approximate surface area is 170 Å². The Kier molecular flexibility index (Phi) is 7.47. The molecule has 1 heterocycles. The van der Waals surface area contributed by atoms with Crippen LogP contribution in [0.5, 0.6) is 11.5 Å². The van der Waals surface area contributed by atoms with Crippen molar-refractivity contribution >= 4 is 23.0 Å². The van der Waals surface area contributed by atoms with Gasteiger partial charge in [-0.2, -0.15) is 0 Å². The van der Waals surface area contributed by atoms with E-state index in [4.69, 9.17) is 9.84 Å². The number of ether oxygens (including phenoxy) is 1. The van der Waals surface area contributed by atoms with E-state index in [0.717, 1.165) is 18.8 Å². The molecule has 0 bridgehead atoms. The lowest BCUT2D eigenvalue weighted by Crippen LogP contribution is -2.89. The fourth-order valence-electron chi connectivity index (χ4n) is 2.80. The van der Waals surface area contributed by atoms with E-state index in [-0.39, 0.29) is 0 Å². The molecule has 0 atom stereocenters. The van der Waals surface area contributed by atoms with E-state index in [1.807, 2.05) is 12.1 Å². The third-order valence-corrected chi connectivity index (χ3v) is 4.34. The fraction of sp³-hybridized carbons (Fsp3) is 0.278. The molecule has 160 valence electrons. The highest BCUT2D eigenvalue weighted by Gasteiger charge is 2.21. The first kappa shape index (κ1) is 22.4. The predicted octanol–water partition coefficient (Wildman–Crippen LogP) is 0.353. The van der Waals surface area contributed by atoms with Crippen molar-refractivity contribution in [1.29, 1.82) is 0 Å². The number of rotatable bonds is 5. The molecule has 0 saturated carbocycles. The molecule has 1 saturated heterocycles. The number of anilines is 1. The van der Waals surface area contributed by atoms with E-state index in [0.29, 0.717) is 12.1 Å². The quantitative estimate of drug-likeness (QED) is 0.510. The van der Waals surface area contributed by atoms with Crippen LogP contribution in [0.25, 0.3) is 0 Å². The van der Waals surface area contributed by atoms with Crippen LogP contribution in [0.3, 0.4) is 0 Å². The van der Waals surface area contributed by atoms with Gasteiger partial charge in [0.25, 0.3) is 11.4 Å². The highest BCUT2D eigenvalue weighted by Crippen LogP contribution is 2.32. The Hall–Kier alpha value is -3.93. The zero-order chi connectivity index (χ0) is 22.3. The van der Waals surface area contributed by atoms with Gasteiger partial charge < -0.3 is 25.2 Å². The number of carboxylic acid groups (broad SMARTS) is 1. The van der Waals surface area contributed by atoms with Gasteiger partial charge in [-0.25, -0.2) is 4.79 Å². The molecular formula is C18H20N4O8. The molecule has 12 nitrogen and oxygen atoms in total. The maximum absolute atomic E-state index is 11.2. The van der Waals surface area contributed by atoms with Gasteiger partial charge in [0.1, 0.15) is 5.75 Å². The summed E-state index contributed by atoms with van der Waals surface area (Å²) in [5.41, 5.74) is -1.64. The lowest BCUT2D eigenvalue weighted by Gasteiger charge is -2.27. The third kappa shape index (κ3) is 5.54. The monoisotopic (exact) mass is 420 g/mol. The smallest absolute Gasteiger partial charge is 0.335 e. The lowest BCUT2D eigenvalue weighted by molar-refractivity contribution is -0.655.